The summed E-state index contributed by atoms with van der Waals surface area (Å²) in [4.78, 5) is 9.92. The number of ether oxygens (including phenoxy) is 1. The number of nitrogens with zero attached hydrogens (tertiary/aromatic N) is 3. The molecule has 0 radical (unpaired) electrons. The predicted molar refractivity (Wildman–Crippen MR) is 123 cm³/mol. The van der Waals surface area contributed by atoms with Gasteiger partial charge in [-0.15, -0.1) is 0 Å². The highest BCUT2D eigenvalue weighted by molar-refractivity contribution is 5.58. The molecule has 2 fully saturated rings. The second-order valence-electron chi connectivity index (χ2n) is 9.95. The SMILES string of the molecule is CN(C[C@H]1Cc2c(cccc2N2CC3CC[C@H](C2)O3)CN1)C1CCCc2cccnc21. The summed E-state index contributed by atoms with van der Waals surface area (Å²) in [5, 5.41) is 3.82. The molecule has 4 atom stereocenters. The monoisotopic (exact) mass is 418 g/mol. The van der Waals surface area contributed by atoms with Crippen molar-refractivity contribution in [2.24, 2.45) is 0 Å². The van der Waals surface area contributed by atoms with Gasteiger partial charge in [-0.05, 0) is 74.4 Å². The lowest BCUT2D eigenvalue weighted by atomic mass is 9.89. The summed E-state index contributed by atoms with van der Waals surface area (Å²) in [5.41, 5.74) is 7.23. The summed E-state index contributed by atoms with van der Waals surface area (Å²) in [7, 11) is 2.29. The van der Waals surface area contributed by atoms with E-state index in [-0.39, 0.29) is 0 Å². The Labute approximate surface area is 185 Å². The van der Waals surface area contributed by atoms with E-state index in [0.29, 0.717) is 24.3 Å². The van der Waals surface area contributed by atoms with Crippen molar-refractivity contribution in [1.82, 2.24) is 15.2 Å². The minimum atomic E-state index is 0.428. The topological polar surface area (TPSA) is 40.6 Å². The van der Waals surface area contributed by atoms with E-state index in [1.54, 1.807) is 5.56 Å². The number of likely N-dealkylation sites (N-methyl/N-ethyl adjacent to an activating group) is 1. The average molecular weight is 419 g/mol. The Hall–Kier alpha value is -1.95. The quantitative estimate of drug-likeness (QED) is 0.823. The van der Waals surface area contributed by atoms with Gasteiger partial charge in [-0.2, -0.15) is 0 Å². The molecule has 2 saturated heterocycles. The van der Waals surface area contributed by atoms with E-state index in [1.165, 1.54) is 54.6 Å². The smallest absolute Gasteiger partial charge is 0.0755 e. The van der Waals surface area contributed by atoms with Crippen molar-refractivity contribution in [3.63, 3.8) is 0 Å². The molecule has 164 valence electrons. The van der Waals surface area contributed by atoms with Crippen LogP contribution in [0, 0.1) is 0 Å². The van der Waals surface area contributed by atoms with Crippen LogP contribution in [0.2, 0.25) is 0 Å². The van der Waals surface area contributed by atoms with Crippen LogP contribution in [0.25, 0.3) is 0 Å². The van der Waals surface area contributed by atoms with E-state index in [0.717, 1.165) is 32.6 Å². The molecule has 2 aromatic rings. The van der Waals surface area contributed by atoms with Crippen molar-refractivity contribution < 1.29 is 4.74 Å². The van der Waals surface area contributed by atoms with Gasteiger partial charge in [0.05, 0.1) is 23.9 Å². The van der Waals surface area contributed by atoms with E-state index in [1.807, 2.05) is 6.20 Å². The lowest BCUT2D eigenvalue weighted by Crippen LogP contribution is -2.47. The number of aryl methyl sites for hydroxylation is 1. The van der Waals surface area contributed by atoms with Gasteiger partial charge >= 0.3 is 0 Å². The van der Waals surface area contributed by atoms with Crippen molar-refractivity contribution in [1.29, 1.82) is 0 Å². The zero-order valence-corrected chi connectivity index (χ0v) is 18.6. The normalized spacial score (nSPS) is 29.7. The molecule has 4 heterocycles. The minimum absolute atomic E-state index is 0.428. The highest BCUT2D eigenvalue weighted by Gasteiger charge is 2.35. The van der Waals surface area contributed by atoms with Crippen LogP contribution in [0.1, 0.15) is 54.1 Å². The molecule has 5 nitrogen and oxygen atoms in total. The Morgan fingerprint density at radius 3 is 2.81 bits per heavy atom. The Kier molecular flexibility index (Phi) is 5.21. The molecule has 1 aliphatic carbocycles. The van der Waals surface area contributed by atoms with Crippen LogP contribution in [0.3, 0.4) is 0 Å². The van der Waals surface area contributed by atoms with Crippen LogP contribution in [-0.2, 0) is 24.1 Å². The highest BCUT2D eigenvalue weighted by Crippen LogP contribution is 2.35. The molecule has 2 bridgehead atoms. The van der Waals surface area contributed by atoms with Crippen LogP contribution in [0.15, 0.2) is 36.5 Å². The number of anilines is 1. The van der Waals surface area contributed by atoms with Crippen molar-refractivity contribution in [3.8, 4) is 0 Å². The Balaban J connectivity index is 1.19. The third kappa shape index (κ3) is 3.77. The molecular weight excluding hydrogens is 384 g/mol. The fourth-order valence-corrected chi connectivity index (χ4v) is 6.32. The lowest BCUT2D eigenvalue weighted by molar-refractivity contribution is 0.0304. The van der Waals surface area contributed by atoms with Crippen LogP contribution in [0.5, 0.6) is 0 Å². The molecule has 4 aliphatic rings. The fourth-order valence-electron chi connectivity index (χ4n) is 6.32. The number of pyridine rings is 1. The summed E-state index contributed by atoms with van der Waals surface area (Å²) in [6.45, 7) is 4.13. The maximum absolute atomic E-state index is 6.10. The highest BCUT2D eigenvalue weighted by atomic mass is 16.5. The number of hydrogen-bond donors (Lipinski definition) is 1. The maximum Gasteiger partial charge on any atom is 0.0755 e. The van der Waals surface area contributed by atoms with Crippen molar-refractivity contribution >= 4 is 5.69 Å². The zero-order valence-electron chi connectivity index (χ0n) is 18.6. The minimum Gasteiger partial charge on any atom is -0.371 e. The van der Waals surface area contributed by atoms with Gasteiger partial charge < -0.3 is 15.0 Å². The summed E-state index contributed by atoms with van der Waals surface area (Å²) in [6.07, 6.45) is 10.0. The Bertz CT molecular complexity index is 935. The molecule has 6 rings (SSSR count). The molecular formula is C26H34N4O. The Morgan fingerprint density at radius 2 is 1.94 bits per heavy atom. The van der Waals surface area contributed by atoms with Crippen LogP contribution >= 0.6 is 0 Å². The predicted octanol–water partition coefficient (Wildman–Crippen LogP) is 3.47. The van der Waals surface area contributed by atoms with Gasteiger partial charge in [-0.3, -0.25) is 9.88 Å². The van der Waals surface area contributed by atoms with Gasteiger partial charge in [0.1, 0.15) is 0 Å². The van der Waals surface area contributed by atoms with Crippen LogP contribution < -0.4 is 10.2 Å². The third-order valence-corrected chi connectivity index (χ3v) is 7.87. The van der Waals surface area contributed by atoms with E-state index in [2.05, 4.69) is 52.5 Å². The van der Waals surface area contributed by atoms with Gasteiger partial charge in [-0.25, -0.2) is 0 Å². The number of hydrogen-bond acceptors (Lipinski definition) is 5. The van der Waals surface area contributed by atoms with Gasteiger partial charge in [0.15, 0.2) is 0 Å². The largest absolute Gasteiger partial charge is 0.371 e. The second-order valence-corrected chi connectivity index (χ2v) is 9.95. The number of morpholine rings is 1. The van der Waals surface area contributed by atoms with E-state index in [4.69, 9.17) is 9.72 Å². The van der Waals surface area contributed by atoms with E-state index in [9.17, 15) is 0 Å². The van der Waals surface area contributed by atoms with Gasteiger partial charge in [0.2, 0.25) is 0 Å². The van der Waals surface area contributed by atoms with Crippen LogP contribution in [0.4, 0.5) is 5.69 Å². The summed E-state index contributed by atoms with van der Waals surface area (Å²) in [6, 6.07) is 12.2. The molecule has 0 saturated carbocycles. The van der Waals surface area contributed by atoms with Gasteiger partial charge in [-0.1, -0.05) is 18.2 Å². The molecule has 31 heavy (non-hydrogen) atoms. The van der Waals surface area contributed by atoms with E-state index < -0.39 is 0 Å². The van der Waals surface area contributed by atoms with Crippen molar-refractivity contribution in [3.05, 3.63) is 58.9 Å². The summed E-state index contributed by atoms with van der Waals surface area (Å²) in [5.74, 6) is 0. The summed E-state index contributed by atoms with van der Waals surface area (Å²) >= 11 is 0. The van der Waals surface area contributed by atoms with E-state index >= 15 is 0 Å². The maximum atomic E-state index is 6.10. The molecule has 1 aromatic carbocycles. The molecule has 1 aromatic heterocycles. The first-order valence-corrected chi connectivity index (χ1v) is 12.1. The number of rotatable bonds is 4. The standard InChI is InChI=1S/C26H34N4O/c1-29(25-9-2-5-18-7-4-12-27-26(18)25)15-20-13-23-19(14-28-20)6-3-8-24(23)30-16-21-10-11-22(17-30)31-21/h3-4,6-8,12,20-22,25,28H,2,5,9-11,13-17H2,1H3/t20-,21-,22?,25?/m1/s1. The van der Waals surface area contributed by atoms with Gasteiger partial charge in [0, 0.05) is 44.1 Å². The first-order chi connectivity index (χ1) is 15.2. The molecule has 0 spiro atoms. The Morgan fingerprint density at radius 1 is 1.10 bits per heavy atom. The fraction of sp³-hybridized carbons (Fsp3) is 0.577. The molecule has 3 aliphatic heterocycles. The first kappa shape index (κ1) is 19.7. The average Bonchev–Trinajstić information content (AvgIpc) is 3.15. The molecule has 2 unspecified atom stereocenters. The molecule has 0 amide bonds. The van der Waals surface area contributed by atoms with Crippen LogP contribution in [-0.4, -0.2) is 54.8 Å². The number of aromatic nitrogens is 1. The first-order valence-electron chi connectivity index (χ1n) is 12.1. The number of nitrogens with one attached hydrogen (secondary N) is 1. The van der Waals surface area contributed by atoms with Crippen molar-refractivity contribution in [2.75, 3.05) is 31.6 Å². The number of benzene rings is 1. The number of fused-ring (bicyclic) bond motifs is 4. The summed E-state index contributed by atoms with van der Waals surface area (Å²) < 4.78 is 6.10. The molecule has 5 heteroatoms. The zero-order chi connectivity index (χ0) is 20.8. The molecule has 1 N–H and O–H groups in total. The second kappa shape index (κ2) is 8.19. The van der Waals surface area contributed by atoms with Crippen molar-refractivity contribution in [2.45, 2.75) is 69.4 Å². The third-order valence-electron chi connectivity index (χ3n) is 7.87. The van der Waals surface area contributed by atoms with Gasteiger partial charge in [0.25, 0.3) is 0 Å². The lowest BCUT2D eigenvalue weighted by Gasteiger charge is -2.39.